The van der Waals surface area contributed by atoms with Crippen molar-refractivity contribution in [2.45, 2.75) is 19.0 Å². The van der Waals surface area contributed by atoms with Gasteiger partial charge in [-0.3, -0.25) is 0 Å². The Bertz CT molecular complexity index is 999. The van der Waals surface area contributed by atoms with Gasteiger partial charge in [-0.1, -0.05) is 11.6 Å². The fraction of sp³-hybridized carbons (Fsp3) is 0.250. The molecule has 2 aromatic heterocycles. The number of nitrogens with zero attached hydrogens (tertiary/aromatic N) is 3. The maximum Gasteiger partial charge on any atom is 0.416 e. The van der Waals surface area contributed by atoms with Crippen molar-refractivity contribution in [3.05, 3.63) is 35.7 Å². The highest BCUT2D eigenvalue weighted by Gasteiger charge is 2.31. The Labute approximate surface area is 145 Å². The Balaban J connectivity index is 1.74. The van der Waals surface area contributed by atoms with E-state index in [1.807, 2.05) is 0 Å². The fourth-order valence-corrected chi connectivity index (χ4v) is 3.05. The Hall–Kier alpha value is -2.48. The van der Waals surface area contributed by atoms with Crippen LogP contribution in [0.15, 0.2) is 29.4 Å². The third-order valence-electron chi connectivity index (χ3n) is 4.20. The first-order chi connectivity index (χ1) is 11.8. The van der Waals surface area contributed by atoms with Crippen LogP contribution in [-0.4, -0.2) is 19.7 Å². The molecule has 0 aliphatic carbocycles. The Morgan fingerprint density at radius 1 is 1.28 bits per heavy atom. The van der Waals surface area contributed by atoms with Gasteiger partial charge in [0.2, 0.25) is 5.95 Å². The van der Waals surface area contributed by atoms with Crippen molar-refractivity contribution >= 4 is 45.1 Å². The molecule has 9 heteroatoms. The van der Waals surface area contributed by atoms with Crippen LogP contribution in [-0.2, 0) is 19.6 Å². The van der Waals surface area contributed by atoms with Gasteiger partial charge in [0.1, 0.15) is 10.9 Å². The summed E-state index contributed by atoms with van der Waals surface area (Å²) in [7, 11) is 1.66. The lowest BCUT2D eigenvalue weighted by atomic mass is 10.2. The van der Waals surface area contributed by atoms with Gasteiger partial charge in [-0.2, -0.15) is 13.2 Å². The van der Waals surface area contributed by atoms with Crippen molar-refractivity contribution in [1.29, 1.82) is 0 Å². The average Bonchev–Trinajstić information content (AvgIpc) is 3.08. The molecule has 0 bridgehead atoms. The van der Waals surface area contributed by atoms with Crippen molar-refractivity contribution in [1.82, 2.24) is 14.5 Å². The number of rotatable bonds is 2. The van der Waals surface area contributed by atoms with Crippen LogP contribution in [0.2, 0.25) is 0 Å². The molecule has 3 heterocycles. The van der Waals surface area contributed by atoms with Crippen LogP contribution in [0.1, 0.15) is 17.7 Å². The second-order valence-corrected chi connectivity index (χ2v) is 6.27. The summed E-state index contributed by atoms with van der Waals surface area (Å²) in [5, 5.41) is 3.65. The molecule has 0 spiro atoms. The predicted octanol–water partition coefficient (Wildman–Crippen LogP) is 4.88. The van der Waals surface area contributed by atoms with Gasteiger partial charge in [0.05, 0.1) is 22.3 Å². The topological polar surface area (TPSA) is 58.0 Å². The molecule has 5 nitrogen and oxygen atoms in total. The van der Waals surface area contributed by atoms with Gasteiger partial charge >= 0.3 is 6.18 Å². The quantitative estimate of drug-likeness (QED) is 0.678. The van der Waals surface area contributed by atoms with Crippen LogP contribution < -0.4 is 5.32 Å². The zero-order chi connectivity index (χ0) is 17.8. The van der Waals surface area contributed by atoms with Crippen LogP contribution in [0, 0.1) is 0 Å². The minimum Gasteiger partial charge on any atom is -0.361 e. The number of aliphatic imine (C=N–C) groups is 1. The summed E-state index contributed by atoms with van der Waals surface area (Å²) < 4.78 is 40.3. The smallest absolute Gasteiger partial charge is 0.361 e. The number of halogens is 4. The van der Waals surface area contributed by atoms with Crippen molar-refractivity contribution in [3.8, 4) is 0 Å². The van der Waals surface area contributed by atoms with Crippen molar-refractivity contribution in [2.75, 3.05) is 5.32 Å². The van der Waals surface area contributed by atoms with Crippen LogP contribution in [0.3, 0.4) is 0 Å². The monoisotopic (exact) mass is 367 g/mol. The summed E-state index contributed by atoms with van der Waals surface area (Å²) >= 11 is 6.01. The molecule has 1 aliphatic heterocycles. The van der Waals surface area contributed by atoms with Crippen LogP contribution in [0.4, 0.5) is 30.5 Å². The molecule has 0 unspecified atom stereocenters. The number of aryl methyl sites for hydroxylation is 2. The van der Waals surface area contributed by atoms with E-state index in [2.05, 4.69) is 20.3 Å². The van der Waals surface area contributed by atoms with Gasteiger partial charge in [-0.25, -0.2) is 9.98 Å². The third kappa shape index (κ3) is 2.76. The summed E-state index contributed by atoms with van der Waals surface area (Å²) in [5.41, 5.74) is 2.52. The molecule has 0 atom stereocenters. The Kier molecular flexibility index (Phi) is 3.54. The van der Waals surface area contributed by atoms with E-state index in [0.29, 0.717) is 39.9 Å². The van der Waals surface area contributed by atoms with Gasteiger partial charge < -0.3 is 14.9 Å². The molecular weight excluding hydrogens is 355 g/mol. The zero-order valence-corrected chi connectivity index (χ0v) is 13.8. The maximum atomic E-state index is 12.9. The van der Waals surface area contributed by atoms with E-state index in [1.165, 1.54) is 6.07 Å². The number of nitrogens with one attached hydrogen (secondary N) is 2. The largest absolute Gasteiger partial charge is 0.416 e. The lowest BCUT2D eigenvalue weighted by Crippen LogP contribution is -2.05. The number of H-pyrrole nitrogens is 1. The number of imidazole rings is 1. The summed E-state index contributed by atoms with van der Waals surface area (Å²) in [5.74, 6) is 0.424. The molecule has 0 radical (unpaired) electrons. The highest BCUT2D eigenvalue weighted by molar-refractivity contribution is 6.65. The normalized spacial score (nSPS) is 14.5. The molecule has 2 N–H and O–H groups in total. The number of alkyl halides is 3. The first-order valence-electron chi connectivity index (χ1n) is 7.57. The second-order valence-electron chi connectivity index (χ2n) is 5.84. The molecule has 0 amide bonds. The lowest BCUT2D eigenvalue weighted by Gasteiger charge is -2.10. The summed E-state index contributed by atoms with van der Waals surface area (Å²) in [6, 6.07) is 3.49. The van der Waals surface area contributed by atoms with E-state index in [4.69, 9.17) is 11.6 Å². The van der Waals surface area contributed by atoms with E-state index < -0.39 is 11.7 Å². The highest BCUT2D eigenvalue weighted by atomic mass is 35.5. The predicted molar refractivity (Wildman–Crippen MR) is 91.1 cm³/mol. The van der Waals surface area contributed by atoms with E-state index in [9.17, 15) is 13.2 Å². The van der Waals surface area contributed by atoms with E-state index >= 15 is 0 Å². The molecule has 4 rings (SSSR count). The molecule has 130 valence electrons. The van der Waals surface area contributed by atoms with Crippen molar-refractivity contribution in [3.63, 3.8) is 0 Å². The summed E-state index contributed by atoms with van der Waals surface area (Å²) in [6.07, 6.45) is -1.20. The molecule has 1 aromatic carbocycles. The summed E-state index contributed by atoms with van der Waals surface area (Å²) in [6.45, 7) is 0. The number of fused-ring (bicyclic) bond motifs is 2. The SMILES string of the molecule is Cn1c(Nc2c[nH]c3c2N=C(Cl)CC3)nc2ccc(C(F)(F)F)cc21. The van der Waals surface area contributed by atoms with Crippen LogP contribution in [0.25, 0.3) is 11.0 Å². The minimum absolute atomic E-state index is 0.392. The van der Waals surface area contributed by atoms with E-state index in [0.717, 1.165) is 24.2 Å². The minimum atomic E-state index is -4.39. The van der Waals surface area contributed by atoms with Crippen molar-refractivity contribution < 1.29 is 13.2 Å². The molecule has 0 saturated carbocycles. The second kappa shape index (κ2) is 5.52. The van der Waals surface area contributed by atoms with Gasteiger partial charge in [-0.05, 0) is 24.6 Å². The first kappa shape index (κ1) is 16.0. The number of benzene rings is 1. The maximum absolute atomic E-state index is 12.9. The van der Waals surface area contributed by atoms with Gasteiger partial charge in [0.15, 0.2) is 0 Å². The third-order valence-corrected chi connectivity index (χ3v) is 4.47. The molecule has 0 fully saturated rings. The lowest BCUT2D eigenvalue weighted by molar-refractivity contribution is -0.137. The first-order valence-corrected chi connectivity index (χ1v) is 7.95. The molecule has 3 aromatic rings. The number of aromatic nitrogens is 3. The van der Waals surface area contributed by atoms with Crippen molar-refractivity contribution in [2.24, 2.45) is 12.0 Å². The van der Waals surface area contributed by atoms with Crippen LogP contribution in [0.5, 0.6) is 0 Å². The van der Waals surface area contributed by atoms with Gasteiger partial charge in [0.25, 0.3) is 0 Å². The van der Waals surface area contributed by atoms with Gasteiger partial charge in [-0.15, -0.1) is 0 Å². The number of hydrogen-bond donors (Lipinski definition) is 2. The van der Waals surface area contributed by atoms with Gasteiger partial charge in [0, 0.05) is 25.4 Å². The number of anilines is 2. The molecule has 0 saturated heterocycles. The van der Waals surface area contributed by atoms with E-state index in [1.54, 1.807) is 17.8 Å². The standard InChI is InChI=1S/C16H13ClF3N5/c1-25-12-6-8(16(18,19)20)2-3-9(12)22-15(25)23-11-7-21-10-4-5-13(17)24-14(10)11/h2-3,6-7,21H,4-5H2,1H3,(H,22,23). The van der Waals surface area contributed by atoms with E-state index in [-0.39, 0.29) is 0 Å². The Morgan fingerprint density at radius 2 is 2.08 bits per heavy atom. The average molecular weight is 368 g/mol. The fourth-order valence-electron chi connectivity index (χ4n) is 2.88. The molecule has 1 aliphatic rings. The highest BCUT2D eigenvalue weighted by Crippen LogP contribution is 2.37. The summed E-state index contributed by atoms with van der Waals surface area (Å²) in [4.78, 5) is 11.8. The molecule has 25 heavy (non-hydrogen) atoms. The zero-order valence-electron chi connectivity index (χ0n) is 13.1. The molecular formula is C16H13ClF3N5. The number of hydrogen-bond acceptors (Lipinski definition) is 3. The van der Waals surface area contributed by atoms with Crippen LogP contribution >= 0.6 is 11.6 Å². The Morgan fingerprint density at radius 3 is 2.84 bits per heavy atom. The number of aromatic amines is 1.